The molecule has 0 aliphatic rings. The van der Waals surface area contributed by atoms with Crippen LogP contribution in [0, 0.1) is 0 Å². The lowest BCUT2D eigenvalue weighted by Gasteiger charge is -2.21. The third kappa shape index (κ3) is 9.27. The van der Waals surface area contributed by atoms with Gasteiger partial charge in [-0.3, -0.25) is 0 Å². The Morgan fingerprint density at radius 1 is 0.209 bits per heavy atom. The molecule has 0 N–H and O–H groups in total. The molecule has 3 heterocycles. The van der Waals surface area contributed by atoms with Crippen molar-refractivity contribution in [2.75, 3.05) is 0 Å². The summed E-state index contributed by atoms with van der Waals surface area (Å²) in [4.78, 5) is 0. The minimum absolute atomic E-state index is 0.120. The van der Waals surface area contributed by atoms with Gasteiger partial charge >= 0.3 is 0 Å². The second-order valence-corrected chi connectivity index (χ2v) is 29.8. The summed E-state index contributed by atoms with van der Waals surface area (Å²) < 4.78 is 8.06. The fourth-order valence-corrected chi connectivity index (χ4v) is 18.1. The van der Waals surface area contributed by atoms with Gasteiger partial charge in [0.2, 0.25) is 0 Å². The van der Waals surface area contributed by atoms with E-state index >= 15 is 0 Å². The molecule has 0 atom stereocenters. The van der Waals surface area contributed by atoms with Crippen molar-refractivity contribution < 1.29 is 0 Å². The van der Waals surface area contributed by atoms with E-state index in [9.17, 15) is 0 Å². The highest BCUT2D eigenvalue weighted by molar-refractivity contribution is 7.27. The van der Waals surface area contributed by atoms with Crippen LogP contribution in [-0.2, 0) is 10.8 Å². The molecule has 0 amide bonds. The van der Waals surface area contributed by atoms with E-state index in [2.05, 4.69) is 321 Å². The third-order valence-corrected chi connectivity index (χ3v) is 22.5. The number of rotatable bonds is 5. The summed E-state index contributed by atoms with van der Waals surface area (Å²) in [5, 5.41) is 21.0. The maximum atomic E-state index is 2.43. The average Bonchev–Trinajstić information content (AvgIpc) is 1.22. The monoisotopic (exact) mass is 1220 g/mol. The van der Waals surface area contributed by atoms with Gasteiger partial charge in [-0.2, -0.15) is 0 Å². The second-order valence-electron chi connectivity index (χ2n) is 26.6. The maximum Gasteiger partial charge on any atom is 0.0434 e. The van der Waals surface area contributed by atoms with Gasteiger partial charge in [-0.1, -0.05) is 290 Å². The molecular weight excluding hydrogens is 1150 g/mol. The van der Waals surface area contributed by atoms with Crippen LogP contribution < -0.4 is 0 Å². The summed E-state index contributed by atoms with van der Waals surface area (Å²) in [5.41, 5.74) is 15.9. The van der Waals surface area contributed by atoms with Crippen molar-refractivity contribution in [3.05, 3.63) is 290 Å². The zero-order chi connectivity index (χ0) is 61.3. The fourth-order valence-electron chi connectivity index (χ4n) is 14.5. The first-order chi connectivity index (χ1) is 44.4. The van der Waals surface area contributed by atoms with E-state index in [1.807, 2.05) is 34.0 Å². The first-order valence-electron chi connectivity index (χ1n) is 31.7. The highest BCUT2D eigenvalue weighted by Gasteiger charge is 2.23. The Morgan fingerprint density at radius 3 is 1.07 bits per heavy atom. The fraction of sp³-hybridized carbons (Fsp3) is 0.0909. The van der Waals surface area contributed by atoms with Gasteiger partial charge in [0.15, 0.2) is 0 Å². The molecule has 91 heavy (non-hydrogen) atoms. The highest BCUT2D eigenvalue weighted by Crippen LogP contribution is 2.51. The van der Waals surface area contributed by atoms with E-state index in [1.165, 1.54) is 181 Å². The number of thiophene rings is 3. The molecule has 0 spiro atoms. The molecule has 15 aromatic carbocycles. The molecule has 3 aromatic heterocycles. The van der Waals surface area contributed by atoms with Crippen LogP contribution in [0.1, 0.15) is 52.7 Å². The molecule has 0 saturated carbocycles. The molecule has 0 unspecified atom stereocenters. The number of fused-ring (bicyclic) bond motifs is 14. The van der Waals surface area contributed by atoms with Crippen LogP contribution in [0.3, 0.4) is 0 Å². The quantitative estimate of drug-likeness (QED) is 0.151. The van der Waals surface area contributed by atoms with Gasteiger partial charge in [0.1, 0.15) is 0 Å². The van der Waals surface area contributed by atoms with Gasteiger partial charge in [-0.15, -0.1) is 34.0 Å². The zero-order valence-electron chi connectivity index (χ0n) is 51.8. The van der Waals surface area contributed by atoms with E-state index in [1.54, 1.807) is 0 Å². The summed E-state index contributed by atoms with van der Waals surface area (Å²) in [7, 11) is 0. The zero-order valence-corrected chi connectivity index (χ0v) is 54.2. The molecule has 0 bridgehead atoms. The Balaban J connectivity index is 0.000000140. The summed E-state index contributed by atoms with van der Waals surface area (Å²) in [6.07, 6.45) is 0. The van der Waals surface area contributed by atoms with Crippen LogP contribution in [0.25, 0.3) is 170 Å². The lowest BCUT2D eigenvalue weighted by molar-refractivity contribution is 0.590. The number of benzene rings is 15. The van der Waals surface area contributed by atoms with Gasteiger partial charge in [0, 0.05) is 66.1 Å². The Morgan fingerprint density at radius 2 is 0.549 bits per heavy atom. The number of hydrogen-bond donors (Lipinski definition) is 0. The van der Waals surface area contributed by atoms with Gasteiger partial charge in [-0.25, -0.2) is 0 Å². The van der Waals surface area contributed by atoms with Crippen molar-refractivity contribution in [2.45, 2.75) is 52.4 Å². The third-order valence-electron chi connectivity index (χ3n) is 19.1. The molecule has 0 fully saturated rings. The topological polar surface area (TPSA) is 0 Å². The Bertz CT molecular complexity index is 5850. The molecule has 0 radical (unpaired) electrons. The van der Waals surface area contributed by atoms with Crippen molar-refractivity contribution in [1.82, 2.24) is 0 Å². The predicted octanol–water partition coefficient (Wildman–Crippen LogP) is 27.2. The largest absolute Gasteiger partial charge is 0.135 e. The summed E-state index contributed by atoms with van der Waals surface area (Å²) in [5.74, 6) is 0. The van der Waals surface area contributed by atoms with Gasteiger partial charge in [0.25, 0.3) is 0 Å². The smallest absolute Gasteiger partial charge is 0.0434 e. The van der Waals surface area contributed by atoms with Crippen LogP contribution in [-0.4, -0.2) is 0 Å². The Hall–Kier alpha value is -9.74. The SMILES string of the molecule is CC(C)(C)c1ccc(-c2c3ccccc3c(-c3ccc4c(c3)sc3cc(-c5cccc6ccccc56)ccc34)c3ccccc23)cc1.CC(C)(C)c1ccc2c(c1)sc1cc(-c3c4ccccc4c(-c4cccc5c4sc4ccccc45)c4ccccc34)ccc12. The highest BCUT2D eigenvalue weighted by atomic mass is 32.1. The Kier molecular flexibility index (Phi) is 13.1. The summed E-state index contributed by atoms with van der Waals surface area (Å²) >= 11 is 5.72. The van der Waals surface area contributed by atoms with Crippen molar-refractivity contribution in [3.63, 3.8) is 0 Å². The first kappa shape index (κ1) is 55.3. The molecular formula is C88H64S3. The molecule has 0 aliphatic heterocycles. The number of hydrogen-bond acceptors (Lipinski definition) is 3. The summed E-state index contributed by atoms with van der Waals surface area (Å²) in [6, 6.07) is 104. The molecule has 18 aromatic rings. The minimum Gasteiger partial charge on any atom is -0.135 e. The average molecular weight is 1220 g/mol. The lowest BCUT2D eigenvalue weighted by Crippen LogP contribution is -2.10. The second kappa shape index (κ2) is 21.5. The Labute approximate surface area is 542 Å². The maximum absolute atomic E-state index is 2.43. The molecule has 0 aliphatic carbocycles. The summed E-state index contributed by atoms with van der Waals surface area (Å²) in [6.45, 7) is 13.7. The van der Waals surface area contributed by atoms with Crippen LogP contribution >= 0.6 is 34.0 Å². The first-order valence-corrected chi connectivity index (χ1v) is 34.1. The molecule has 0 nitrogen and oxygen atoms in total. The van der Waals surface area contributed by atoms with E-state index < -0.39 is 0 Å². The normalized spacial score (nSPS) is 12.3. The van der Waals surface area contributed by atoms with E-state index in [0.29, 0.717) is 0 Å². The van der Waals surface area contributed by atoms with E-state index in [4.69, 9.17) is 0 Å². The molecule has 0 saturated heterocycles. The van der Waals surface area contributed by atoms with Crippen LogP contribution in [0.2, 0.25) is 0 Å². The van der Waals surface area contributed by atoms with Gasteiger partial charge in [-0.05, 0) is 156 Å². The molecule has 3 heteroatoms. The van der Waals surface area contributed by atoms with Crippen molar-refractivity contribution in [2.24, 2.45) is 0 Å². The van der Waals surface area contributed by atoms with Crippen LogP contribution in [0.4, 0.5) is 0 Å². The van der Waals surface area contributed by atoms with Crippen molar-refractivity contribution >= 4 is 148 Å². The molecule has 18 rings (SSSR count). The predicted molar refractivity (Wildman–Crippen MR) is 404 cm³/mol. The van der Waals surface area contributed by atoms with Crippen LogP contribution in [0.5, 0.6) is 0 Å². The standard InChI is InChI=1S/C46H34S.C42H30S2/c1-46(2,3)33-23-19-30(20-24-33)44-38-14-6-8-16-40(38)45(41-17-9-7-15-39(41)44)32-22-26-37-36-25-21-31(27-42(36)47-43(37)28-32)35-18-10-12-29-11-4-5-13-34(29)35;1-42(2,3)26-20-22-29-28-21-19-25(23-37(28)43-38(29)24-26)39-30-12-4-6-14-32(30)40(33-15-7-5-13-31(33)39)35-17-10-16-34-27-11-8-9-18-36(27)44-41(34)35/h4-28H,1-3H3;4-24H,1-3H3. The van der Waals surface area contributed by atoms with Crippen LogP contribution in [0.15, 0.2) is 279 Å². The minimum atomic E-state index is 0.120. The van der Waals surface area contributed by atoms with Gasteiger partial charge < -0.3 is 0 Å². The lowest BCUT2D eigenvalue weighted by atomic mass is 9.83. The van der Waals surface area contributed by atoms with Crippen molar-refractivity contribution in [1.29, 1.82) is 0 Å². The van der Waals surface area contributed by atoms with E-state index in [0.717, 1.165) is 0 Å². The van der Waals surface area contributed by atoms with E-state index in [-0.39, 0.29) is 10.8 Å². The van der Waals surface area contributed by atoms with Crippen molar-refractivity contribution in [3.8, 4) is 55.6 Å². The van der Waals surface area contributed by atoms with Gasteiger partial charge in [0.05, 0.1) is 0 Å². The molecule has 434 valence electrons.